The van der Waals surface area contributed by atoms with Gasteiger partial charge in [0.2, 0.25) is 0 Å². The summed E-state index contributed by atoms with van der Waals surface area (Å²) in [6.07, 6.45) is -0.638. The molecular weight excluding hydrogens is 350 g/mol. The van der Waals surface area contributed by atoms with Crippen molar-refractivity contribution in [2.45, 2.75) is 25.9 Å². The Morgan fingerprint density at radius 3 is 2.57 bits per heavy atom. The molecule has 0 spiro atoms. The summed E-state index contributed by atoms with van der Waals surface area (Å²) in [4.78, 5) is 0.915. The van der Waals surface area contributed by atoms with Gasteiger partial charge in [-0.15, -0.1) is 11.3 Å². The van der Waals surface area contributed by atoms with Crippen molar-refractivity contribution in [3.63, 3.8) is 0 Å². The SMILES string of the molecule is COc1ccc(C)cc1C(CN)C(O)c1cc(C)c(Br)s1. The minimum Gasteiger partial charge on any atom is -0.496 e. The van der Waals surface area contributed by atoms with E-state index < -0.39 is 6.10 Å². The summed E-state index contributed by atoms with van der Waals surface area (Å²) in [6, 6.07) is 7.96. The highest BCUT2D eigenvalue weighted by Gasteiger charge is 2.26. The Hall–Kier alpha value is -0.880. The number of aliphatic hydroxyl groups is 1. The lowest BCUT2D eigenvalue weighted by Gasteiger charge is -2.23. The predicted octanol–water partition coefficient (Wildman–Crippen LogP) is 3.91. The number of rotatable bonds is 5. The molecule has 0 aliphatic heterocycles. The Labute approximate surface area is 137 Å². The van der Waals surface area contributed by atoms with Crippen LogP contribution in [0.5, 0.6) is 5.75 Å². The molecule has 0 aliphatic rings. The number of hydrogen-bond acceptors (Lipinski definition) is 4. The van der Waals surface area contributed by atoms with Gasteiger partial charge in [0.25, 0.3) is 0 Å². The number of thiophene rings is 1. The lowest BCUT2D eigenvalue weighted by atomic mass is 9.90. The summed E-state index contributed by atoms with van der Waals surface area (Å²) in [5.41, 5.74) is 9.14. The minimum atomic E-state index is -0.638. The second-order valence-corrected chi connectivity index (χ2v) is 7.54. The molecule has 1 heterocycles. The van der Waals surface area contributed by atoms with Crippen molar-refractivity contribution in [3.05, 3.63) is 49.6 Å². The number of hydrogen-bond donors (Lipinski definition) is 2. The van der Waals surface area contributed by atoms with Gasteiger partial charge in [0.15, 0.2) is 0 Å². The molecule has 0 saturated carbocycles. The van der Waals surface area contributed by atoms with Gasteiger partial charge in [-0.2, -0.15) is 0 Å². The molecule has 3 N–H and O–H groups in total. The predicted molar refractivity (Wildman–Crippen MR) is 91.2 cm³/mol. The van der Waals surface area contributed by atoms with Gasteiger partial charge in [-0.05, 0) is 47.5 Å². The highest BCUT2D eigenvalue weighted by atomic mass is 79.9. The van der Waals surface area contributed by atoms with Crippen LogP contribution in [0.1, 0.15) is 33.6 Å². The van der Waals surface area contributed by atoms with E-state index in [0.29, 0.717) is 6.54 Å². The fourth-order valence-electron chi connectivity index (χ4n) is 2.40. The number of aryl methyl sites for hydroxylation is 2. The molecule has 114 valence electrons. The third-order valence-corrected chi connectivity index (χ3v) is 5.79. The third-order valence-electron chi connectivity index (χ3n) is 3.59. The molecule has 0 saturated heterocycles. The summed E-state index contributed by atoms with van der Waals surface area (Å²) in [7, 11) is 1.64. The van der Waals surface area contributed by atoms with Crippen LogP contribution in [0.25, 0.3) is 0 Å². The molecule has 1 aromatic carbocycles. The van der Waals surface area contributed by atoms with Crippen molar-refractivity contribution in [1.29, 1.82) is 0 Å². The summed E-state index contributed by atoms with van der Waals surface area (Å²) >= 11 is 5.05. The zero-order chi connectivity index (χ0) is 15.6. The van der Waals surface area contributed by atoms with Gasteiger partial charge in [0, 0.05) is 22.9 Å². The summed E-state index contributed by atoms with van der Waals surface area (Å²) in [5, 5.41) is 10.7. The number of halogens is 1. The van der Waals surface area contributed by atoms with E-state index in [-0.39, 0.29) is 5.92 Å². The van der Waals surface area contributed by atoms with E-state index in [1.165, 1.54) is 0 Å². The molecule has 2 aromatic rings. The Balaban J connectivity index is 2.41. The monoisotopic (exact) mass is 369 g/mol. The number of ether oxygens (including phenoxy) is 1. The van der Waals surface area contributed by atoms with Crippen LogP contribution >= 0.6 is 27.3 Å². The van der Waals surface area contributed by atoms with Crippen molar-refractivity contribution in [3.8, 4) is 5.75 Å². The molecule has 2 atom stereocenters. The van der Waals surface area contributed by atoms with E-state index in [4.69, 9.17) is 10.5 Å². The van der Waals surface area contributed by atoms with E-state index in [0.717, 1.165) is 31.1 Å². The standard InChI is InChI=1S/C16H20BrNO2S/c1-9-4-5-13(20-3)11(6-9)12(8-18)15(19)14-7-10(2)16(17)21-14/h4-7,12,15,19H,8,18H2,1-3H3. The van der Waals surface area contributed by atoms with Crippen molar-refractivity contribution in [2.75, 3.05) is 13.7 Å². The number of nitrogens with two attached hydrogens (primary N) is 1. The summed E-state index contributed by atoms with van der Waals surface area (Å²) in [5.74, 6) is 0.576. The van der Waals surface area contributed by atoms with Crippen LogP contribution in [0.3, 0.4) is 0 Å². The van der Waals surface area contributed by atoms with Gasteiger partial charge in [-0.1, -0.05) is 17.7 Å². The highest BCUT2D eigenvalue weighted by Crippen LogP contribution is 2.40. The van der Waals surface area contributed by atoms with E-state index in [1.807, 2.05) is 38.1 Å². The van der Waals surface area contributed by atoms with E-state index >= 15 is 0 Å². The Kier molecular flexibility index (Phi) is 5.43. The summed E-state index contributed by atoms with van der Waals surface area (Å²) in [6.45, 7) is 4.39. The van der Waals surface area contributed by atoms with Gasteiger partial charge in [0.05, 0.1) is 17.0 Å². The van der Waals surface area contributed by atoms with Crippen LogP contribution in [0.15, 0.2) is 28.1 Å². The van der Waals surface area contributed by atoms with Crippen LogP contribution in [0.2, 0.25) is 0 Å². The van der Waals surface area contributed by atoms with Crippen LogP contribution in [0, 0.1) is 13.8 Å². The molecule has 0 bridgehead atoms. The fraction of sp³-hybridized carbons (Fsp3) is 0.375. The Morgan fingerprint density at radius 1 is 1.33 bits per heavy atom. The zero-order valence-electron chi connectivity index (χ0n) is 12.4. The fourth-order valence-corrected chi connectivity index (χ4v) is 4.02. The molecule has 21 heavy (non-hydrogen) atoms. The van der Waals surface area contributed by atoms with Crippen molar-refractivity contribution >= 4 is 27.3 Å². The largest absolute Gasteiger partial charge is 0.496 e. The maximum absolute atomic E-state index is 10.7. The number of aliphatic hydroxyl groups excluding tert-OH is 1. The van der Waals surface area contributed by atoms with Gasteiger partial charge in [-0.3, -0.25) is 0 Å². The molecular formula is C16H20BrNO2S. The van der Waals surface area contributed by atoms with Gasteiger partial charge >= 0.3 is 0 Å². The first-order valence-corrected chi connectivity index (χ1v) is 8.37. The molecule has 2 unspecified atom stereocenters. The van der Waals surface area contributed by atoms with Crippen molar-refractivity contribution < 1.29 is 9.84 Å². The minimum absolute atomic E-state index is 0.190. The van der Waals surface area contributed by atoms with Crippen LogP contribution in [0.4, 0.5) is 0 Å². The Morgan fingerprint density at radius 2 is 2.05 bits per heavy atom. The van der Waals surface area contributed by atoms with Crippen molar-refractivity contribution in [2.24, 2.45) is 5.73 Å². The average Bonchev–Trinajstić information content (AvgIpc) is 2.80. The molecule has 5 heteroatoms. The smallest absolute Gasteiger partial charge is 0.122 e. The quantitative estimate of drug-likeness (QED) is 0.839. The second kappa shape index (κ2) is 6.92. The van der Waals surface area contributed by atoms with Gasteiger partial charge in [0.1, 0.15) is 5.75 Å². The molecule has 0 aliphatic carbocycles. The third kappa shape index (κ3) is 3.48. The first-order valence-electron chi connectivity index (χ1n) is 6.76. The summed E-state index contributed by atoms with van der Waals surface area (Å²) < 4.78 is 6.47. The van der Waals surface area contributed by atoms with E-state index in [2.05, 4.69) is 15.9 Å². The van der Waals surface area contributed by atoms with E-state index in [9.17, 15) is 5.11 Å². The van der Waals surface area contributed by atoms with Crippen LogP contribution in [-0.4, -0.2) is 18.8 Å². The lowest BCUT2D eigenvalue weighted by Crippen LogP contribution is -2.20. The highest BCUT2D eigenvalue weighted by molar-refractivity contribution is 9.11. The van der Waals surface area contributed by atoms with Gasteiger partial charge in [-0.25, -0.2) is 0 Å². The molecule has 1 aromatic heterocycles. The lowest BCUT2D eigenvalue weighted by molar-refractivity contribution is 0.149. The maximum atomic E-state index is 10.7. The maximum Gasteiger partial charge on any atom is 0.122 e. The van der Waals surface area contributed by atoms with Gasteiger partial charge < -0.3 is 15.6 Å². The number of methoxy groups -OCH3 is 1. The molecule has 0 amide bonds. The molecule has 0 fully saturated rings. The van der Waals surface area contributed by atoms with E-state index in [1.54, 1.807) is 18.4 Å². The zero-order valence-corrected chi connectivity index (χ0v) is 14.8. The topological polar surface area (TPSA) is 55.5 Å². The molecule has 2 rings (SSSR count). The normalized spacial score (nSPS) is 14.0. The second-order valence-electron chi connectivity index (χ2n) is 5.14. The molecule has 3 nitrogen and oxygen atoms in total. The van der Waals surface area contributed by atoms with Crippen LogP contribution in [-0.2, 0) is 0 Å². The van der Waals surface area contributed by atoms with Crippen molar-refractivity contribution in [1.82, 2.24) is 0 Å². The first kappa shape index (κ1) is 16.5. The average molecular weight is 370 g/mol. The first-order chi connectivity index (χ1) is 9.97. The molecule has 0 radical (unpaired) electrons. The Bertz CT molecular complexity index is 607. The van der Waals surface area contributed by atoms with Crippen LogP contribution < -0.4 is 10.5 Å². The number of benzene rings is 1.